The summed E-state index contributed by atoms with van der Waals surface area (Å²) in [6.07, 6.45) is 0.696. The van der Waals surface area contributed by atoms with Crippen LogP contribution in [0.2, 0.25) is 0 Å². The highest BCUT2D eigenvalue weighted by Gasteiger charge is 2.47. The van der Waals surface area contributed by atoms with E-state index in [1.54, 1.807) is 16.3 Å². The zero-order valence-electron chi connectivity index (χ0n) is 21.1. The molecule has 1 aromatic heterocycles. The van der Waals surface area contributed by atoms with E-state index in [1.165, 1.54) is 21.3 Å². The number of thioether (sulfide) groups is 1. The van der Waals surface area contributed by atoms with Gasteiger partial charge >= 0.3 is 18.0 Å². The average Bonchev–Trinajstić information content (AvgIpc) is 3.29. The smallest absolute Gasteiger partial charge is 0.418 e. The van der Waals surface area contributed by atoms with Crippen LogP contribution in [0.1, 0.15) is 35.4 Å². The Labute approximate surface area is 219 Å². The Kier molecular flexibility index (Phi) is 7.26. The third-order valence-corrected chi connectivity index (χ3v) is 8.72. The van der Waals surface area contributed by atoms with Gasteiger partial charge in [-0.2, -0.15) is 0 Å². The predicted octanol–water partition coefficient (Wildman–Crippen LogP) is 4.82. The number of piperidine rings is 1. The molecule has 3 atom stereocenters. The first-order valence-electron chi connectivity index (χ1n) is 12.3. The van der Waals surface area contributed by atoms with E-state index in [-0.39, 0.29) is 17.2 Å². The molecule has 0 N–H and O–H groups in total. The van der Waals surface area contributed by atoms with Gasteiger partial charge in [-0.15, -0.1) is 11.8 Å². The Morgan fingerprint density at radius 1 is 0.919 bits per heavy atom. The molecule has 5 rings (SSSR count). The summed E-state index contributed by atoms with van der Waals surface area (Å²) in [5.41, 5.74) is 2.76. The maximum Gasteiger partial charge on any atom is 0.418 e. The molecular formula is C28H30N2O6S. The van der Waals surface area contributed by atoms with Crippen molar-refractivity contribution in [2.45, 2.75) is 29.0 Å². The van der Waals surface area contributed by atoms with Crippen molar-refractivity contribution in [3.63, 3.8) is 0 Å². The summed E-state index contributed by atoms with van der Waals surface area (Å²) in [5, 5.41) is 1.09. The summed E-state index contributed by atoms with van der Waals surface area (Å²) in [7, 11) is 3.95. The van der Waals surface area contributed by atoms with E-state index in [1.807, 2.05) is 42.5 Å². The summed E-state index contributed by atoms with van der Waals surface area (Å²) < 4.78 is 16.9. The Balaban J connectivity index is 1.64. The van der Waals surface area contributed by atoms with Crippen LogP contribution in [0.4, 0.5) is 4.79 Å². The third-order valence-electron chi connectivity index (χ3n) is 7.50. The van der Waals surface area contributed by atoms with Crippen LogP contribution in [0.15, 0.2) is 59.5 Å². The second-order valence-corrected chi connectivity index (χ2v) is 10.6. The number of ether oxygens (including phenoxy) is 3. The molecule has 9 heteroatoms. The number of esters is 2. The molecule has 8 nitrogen and oxygen atoms in total. The summed E-state index contributed by atoms with van der Waals surface area (Å²) in [5.74, 6) is -2.47. The van der Waals surface area contributed by atoms with Crippen LogP contribution >= 0.6 is 11.8 Å². The van der Waals surface area contributed by atoms with E-state index in [0.717, 1.165) is 33.6 Å². The number of benzene rings is 2. The number of para-hydroxylation sites is 1. The van der Waals surface area contributed by atoms with E-state index in [9.17, 15) is 14.4 Å². The Bertz CT molecular complexity index is 1310. The Morgan fingerprint density at radius 3 is 2.27 bits per heavy atom. The molecule has 3 heterocycles. The minimum atomic E-state index is -1.01. The van der Waals surface area contributed by atoms with Crippen molar-refractivity contribution >= 4 is 40.7 Å². The number of methoxy groups -OCH3 is 3. The van der Waals surface area contributed by atoms with Gasteiger partial charge in [0.1, 0.15) is 0 Å². The van der Waals surface area contributed by atoms with Crippen LogP contribution < -0.4 is 0 Å². The van der Waals surface area contributed by atoms with Crippen molar-refractivity contribution in [2.24, 2.45) is 11.8 Å². The van der Waals surface area contributed by atoms with Gasteiger partial charge in [0.15, 0.2) is 5.92 Å². The van der Waals surface area contributed by atoms with Crippen LogP contribution in [0.5, 0.6) is 0 Å². The molecule has 1 unspecified atom stereocenters. The van der Waals surface area contributed by atoms with Gasteiger partial charge in [-0.3, -0.25) is 14.5 Å². The largest absolute Gasteiger partial charge is 0.468 e. The molecule has 2 aliphatic heterocycles. The maximum absolute atomic E-state index is 13.2. The van der Waals surface area contributed by atoms with Gasteiger partial charge in [0.25, 0.3) is 0 Å². The lowest BCUT2D eigenvalue weighted by atomic mass is 9.78. The standard InChI is InChI=1S/C28H30N2O6S/c1-34-26(31)23(27(32)35-2)17-13-14-29-16-22(37-18-9-5-4-6-10-18)24-19-11-7-8-12-20(19)30(28(33)36-3)25(24)21(29)15-17/h4-12,17,21-23H,13-16H2,1-3H3/t17-,21+,22?/m1/s1. The first-order valence-corrected chi connectivity index (χ1v) is 13.2. The normalized spacial score (nSPS) is 21.2. The second-order valence-electron chi connectivity index (χ2n) is 9.36. The number of fused-ring (bicyclic) bond motifs is 5. The van der Waals surface area contributed by atoms with E-state index < -0.39 is 23.9 Å². The molecule has 0 saturated carbocycles. The summed E-state index contributed by atoms with van der Waals surface area (Å²) >= 11 is 1.78. The van der Waals surface area contributed by atoms with Crippen molar-refractivity contribution in [3.05, 3.63) is 65.9 Å². The molecule has 2 aromatic carbocycles. The van der Waals surface area contributed by atoms with Crippen molar-refractivity contribution in [1.29, 1.82) is 0 Å². The fourth-order valence-corrected chi connectivity index (χ4v) is 7.16. The number of nitrogens with zero attached hydrogens (tertiary/aromatic N) is 2. The highest BCUT2D eigenvalue weighted by atomic mass is 32.2. The first-order chi connectivity index (χ1) is 18.0. The highest BCUT2D eigenvalue weighted by Crippen LogP contribution is 2.52. The number of carbonyl (C=O) groups excluding carboxylic acids is 3. The quantitative estimate of drug-likeness (QED) is 0.268. The topological polar surface area (TPSA) is 87.1 Å². The molecule has 37 heavy (non-hydrogen) atoms. The summed E-state index contributed by atoms with van der Waals surface area (Å²) in [4.78, 5) is 41.9. The van der Waals surface area contributed by atoms with E-state index in [4.69, 9.17) is 14.2 Å². The first kappa shape index (κ1) is 25.4. The van der Waals surface area contributed by atoms with Crippen molar-refractivity contribution < 1.29 is 28.6 Å². The molecule has 0 amide bonds. The lowest BCUT2D eigenvalue weighted by Crippen LogP contribution is -2.47. The van der Waals surface area contributed by atoms with Crippen LogP contribution in [0.25, 0.3) is 10.9 Å². The van der Waals surface area contributed by atoms with E-state index >= 15 is 0 Å². The fourth-order valence-electron chi connectivity index (χ4n) is 5.89. The zero-order chi connectivity index (χ0) is 26.1. The molecule has 0 spiro atoms. The summed E-state index contributed by atoms with van der Waals surface area (Å²) in [6.45, 7) is 1.45. The van der Waals surface area contributed by atoms with Gasteiger partial charge in [0, 0.05) is 22.1 Å². The van der Waals surface area contributed by atoms with Crippen molar-refractivity contribution in [3.8, 4) is 0 Å². The second kappa shape index (κ2) is 10.6. The fraction of sp³-hybridized carbons (Fsp3) is 0.393. The van der Waals surface area contributed by atoms with Crippen molar-refractivity contribution in [2.75, 3.05) is 34.4 Å². The van der Waals surface area contributed by atoms with Gasteiger partial charge < -0.3 is 14.2 Å². The average molecular weight is 523 g/mol. The molecule has 3 aromatic rings. The Morgan fingerprint density at radius 2 is 1.59 bits per heavy atom. The van der Waals surface area contributed by atoms with Gasteiger partial charge in [0.2, 0.25) is 0 Å². The molecule has 1 fully saturated rings. The number of hydrogen-bond donors (Lipinski definition) is 0. The van der Waals surface area contributed by atoms with E-state index in [0.29, 0.717) is 19.4 Å². The zero-order valence-corrected chi connectivity index (χ0v) is 21.9. The molecule has 0 aliphatic carbocycles. The molecule has 1 saturated heterocycles. The van der Waals surface area contributed by atoms with Gasteiger partial charge in [-0.1, -0.05) is 36.4 Å². The van der Waals surface area contributed by atoms with Crippen molar-refractivity contribution in [1.82, 2.24) is 9.47 Å². The number of rotatable bonds is 5. The molecule has 0 radical (unpaired) electrons. The number of hydrogen-bond acceptors (Lipinski definition) is 8. The number of carbonyl (C=O) groups is 3. The Hall–Kier alpha value is -3.30. The number of aromatic nitrogens is 1. The van der Waals surface area contributed by atoms with Gasteiger partial charge in [-0.25, -0.2) is 9.36 Å². The van der Waals surface area contributed by atoms with Crippen LogP contribution in [-0.2, 0) is 23.8 Å². The molecule has 0 bridgehead atoms. The third kappa shape index (κ3) is 4.51. The van der Waals surface area contributed by atoms with Crippen LogP contribution in [0, 0.1) is 11.8 Å². The minimum absolute atomic E-state index is 0.0815. The van der Waals surface area contributed by atoms with Gasteiger partial charge in [-0.05, 0) is 49.1 Å². The van der Waals surface area contributed by atoms with Crippen LogP contribution in [0.3, 0.4) is 0 Å². The lowest BCUT2D eigenvalue weighted by molar-refractivity contribution is -0.163. The maximum atomic E-state index is 13.2. The molecular weight excluding hydrogens is 492 g/mol. The van der Waals surface area contributed by atoms with Gasteiger partial charge in [0.05, 0.1) is 38.6 Å². The molecule has 194 valence electrons. The predicted molar refractivity (Wildman–Crippen MR) is 139 cm³/mol. The minimum Gasteiger partial charge on any atom is -0.468 e. The SMILES string of the molecule is COC(=O)C(C(=O)OC)[C@@H]1CCN2CC(Sc3ccccc3)c3c(n(C(=O)OC)c4ccccc34)[C@@H]2C1. The van der Waals surface area contributed by atoms with E-state index in [2.05, 4.69) is 17.0 Å². The lowest BCUT2D eigenvalue weighted by Gasteiger charge is -2.46. The molecule has 2 aliphatic rings. The summed E-state index contributed by atoms with van der Waals surface area (Å²) in [6, 6.07) is 17.9. The van der Waals surface area contributed by atoms with Crippen LogP contribution in [-0.4, -0.2) is 61.9 Å². The highest BCUT2D eigenvalue weighted by molar-refractivity contribution is 7.99. The monoisotopic (exact) mass is 522 g/mol.